The first kappa shape index (κ1) is 18.2. The predicted octanol–water partition coefficient (Wildman–Crippen LogP) is 4.11. The van der Waals surface area contributed by atoms with Crippen molar-refractivity contribution < 1.29 is 4.79 Å². The van der Waals surface area contributed by atoms with Gasteiger partial charge in [-0.25, -0.2) is 0 Å². The molecule has 0 saturated carbocycles. The zero-order valence-corrected chi connectivity index (χ0v) is 16.2. The second-order valence-electron chi connectivity index (χ2n) is 7.87. The number of carbonyl (C=O) groups excluding carboxylic acids is 1. The molecular formula is C23H29N3O. The van der Waals surface area contributed by atoms with Gasteiger partial charge in [0.15, 0.2) is 0 Å². The van der Waals surface area contributed by atoms with E-state index in [1.165, 1.54) is 24.8 Å². The highest BCUT2D eigenvalue weighted by Crippen LogP contribution is 2.31. The summed E-state index contributed by atoms with van der Waals surface area (Å²) in [5, 5.41) is 0. The quantitative estimate of drug-likeness (QED) is 0.823. The van der Waals surface area contributed by atoms with Gasteiger partial charge in [-0.15, -0.1) is 0 Å². The van der Waals surface area contributed by atoms with Crippen LogP contribution in [-0.4, -0.2) is 45.9 Å². The number of pyridine rings is 1. The summed E-state index contributed by atoms with van der Waals surface area (Å²) in [6.45, 7) is 4.74. The molecular weight excluding hydrogens is 334 g/mol. The minimum Gasteiger partial charge on any atom is -0.338 e. The fourth-order valence-corrected chi connectivity index (χ4v) is 4.76. The summed E-state index contributed by atoms with van der Waals surface area (Å²) < 4.78 is 0. The lowest BCUT2D eigenvalue weighted by atomic mass is 9.96. The van der Waals surface area contributed by atoms with Crippen LogP contribution >= 0.6 is 0 Å². The summed E-state index contributed by atoms with van der Waals surface area (Å²) in [5.41, 5.74) is 3.52. The lowest BCUT2D eigenvalue weighted by molar-refractivity contribution is -0.130. The number of amides is 1. The first-order valence-corrected chi connectivity index (χ1v) is 10.2. The molecule has 0 bridgehead atoms. The molecule has 4 rings (SSSR count). The molecule has 0 spiro atoms. The number of fused-ring (bicyclic) bond motifs is 1. The molecule has 4 heteroatoms. The van der Waals surface area contributed by atoms with Crippen LogP contribution in [0.4, 0.5) is 0 Å². The van der Waals surface area contributed by atoms with Gasteiger partial charge in [0.25, 0.3) is 0 Å². The van der Waals surface area contributed by atoms with Gasteiger partial charge in [0.1, 0.15) is 0 Å². The number of benzene rings is 1. The lowest BCUT2D eigenvalue weighted by Gasteiger charge is -2.37. The van der Waals surface area contributed by atoms with E-state index in [9.17, 15) is 4.79 Å². The fraction of sp³-hybridized carbons (Fsp3) is 0.478. The molecule has 0 unspecified atom stereocenters. The van der Waals surface area contributed by atoms with Gasteiger partial charge in [-0.05, 0) is 43.5 Å². The molecule has 2 aliphatic heterocycles. The van der Waals surface area contributed by atoms with Gasteiger partial charge in [0, 0.05) is 43.9 Å². The van der Waals surface area contributed by atoms with E-state index in [1.54, 1.807) is 6.92 Å². The van der Waals surface area contributed by atoms with E-state index < -0.39 is 0 Å². The molecule has 2 fully saturated rings. The largest absolute Gasteiger partial charge is 0.338 e. The molecule has 0 aliphatic carbocycles. The topological polar surface area (TPSA) is 36.4 Å². The molecule has 1 aromatic carbocycles. The van der Waals surface area contributed by atoms with Gasteiger partial charge in [-0.3, -0.25) is 14.7 Å². The third-order valence-electron chi connectivity index (χ3n) is 6.13. The highest BCUT2D eigenvalue weighted by molar-refractivity contribution is 5.74. The molecule has 142 valence electrons. The second kappa shape index (κ2) is 8.22. The molecule has 1 amide bonds. The smallest absolute Gasteiger partial charge is 0.219 e. The Morgan fingerprint density at radius 2 is 1.85 bits per heavy atom. The fourth-order valence-electron chi connectivity index (χ4n) is 4.76. The molecule has 27 heavy (non-hydrogen) atoms. The number of likely N-dealkylation sites (tertiary alicyclic amines) is 2. The van der Waals surface area contributed by atoms with Crippen LogP contribution in [0.15, 0.2) is 48.7 Å². The van der Waals surface area contributed by atoms with E-state index in [-0.39, 0.29) is 5.91 Å². The molecule has 2 aromatic rings. The minimum absolute atomic E-state index is 0.239. The van der Waals surface area contributed by atoms with Gasteiger partial charge >= 0.3 is 0 Å². The molecule has 1 aromatic heterocycles. The van der Waals surface area contributed by atoms with E-state index >= 15 is 0 Å². The SMILES string of the molecule is CC(=O)N1CC[C@H]2[C@H]1CCCCCN2Cc1ccc(-c2ccccn2)cc1. The lowest BCUT2D eigenvalue weighted by Crippen LogP contribution is -2.47. The Labute approximate surface area is 162 Å². The number of hydrogen-bond acceptors (Lipinski definition) is 3. The van der Waals surface area contributed by atoms with Gasteiger partial charge in [0.05, 0.1) is 5.69 Å². The number of nitrogens with zero attached hydrogens (tertiary/aromatic N) is 3. The molecule has 0 N–H and O–H groups in total. The maximum Gasteiger partial charge on any atom is 0.219 e. The van der Waals surface area contributed by atoms with Gasteiger partial charge in [-0.1, -0.05) is 43.2 Å². The van der Waals surface area contributed by atoms with Crippen molar-refractivity contribution in [2.45, 2.75) is 57.7 Å². The number of carbonyl (C=O) groups is 1. The summed E-state index contributed by atoms with van der Waals surface area (Å²) in [7, 11) is 0. The maximum atomic E-state index is 12.0. The van der Waals surface area contributed by atoms with E-state index in [1.807, 2.05) is 24.4 Å². The maximum absolute atomic E-state index is 12.0. The summed E-state index contributed by atoms with van der Waals surface area (Å²) in [6, 6.07) is 15.7. The Kier molecular flexibility index (Phi) is 5.53. The predicted molar refractivity (Wildman–Crippen MR) is 108 cm³/mol. The van der Waals surface area contributed by atoms with Crippen molar-refractivity contribution in [3.63, 3.8) is 0 Å². The van der Waals surface area contributed by atoms with Crippen molar-refractivity contribution in [2.24, 2.45) is 0 Å². The van der Waals surface area contributed by atoms with Crippen molar-refractivity contribution in [2.75, 3.05) is 13.1 Å². The first-order chi connectivity index (χ1) is 13.2. The molecule has 2 aliphatic rings. The van der Waals surface area contributed by atoms with Crippen LogP contribution in [-0.2, 0) is 11.3 Å². The molecule has 4 nitrogen and oxygen atoms in total. The minimum atomic E-state index is 0.239. The van der Waals surface area contributed by atoms with Crippen molar-refractivity contribution in [3.8, 4) is 11.3 Å². The van der Waals surface area contributed by atoms with E-state index in [0.29, 0.717) is 12.1 Å². The van der Waals surface area contributed by atoms with Gasteiger partial charge in [-0.2, -0.15) is 0 Å². The van der Waals surface area contributed by atoms with Crippen LogP contribution < -0.4 is 0 Å². The average molecular weight is 364 g/mol. The van der Waals surface area contributed by atoms with Crippen molar-refractivity contribution >= 4 is 5.91 Å². The summed E-state index contributed by atoms with van der Waals surface area (Å²) in [4.78, 5) is 21.2. The summed E-state index contributed by atoms with van der Waals surface area (Å²) >= 11 is 0. The molecule has 2 atom stereocenters. The van der Waals surface area contributed by atoms with E-state index in [4.69, 9.17) is 0 Å². The van der Waals surface area contributed by atoms with Crippen LogP contribution in [0.25, 0.3) is 11.3 Å². The average Bonchev–Trinajstić information content (AvgIpc) is 3.09. The van der Waals surface area contributed by atoms with Crippen molar-refractivity contribution in [3.05, 3.63) is 54.2 Å². The number of hydrogen-bond donors (Lipinski definition) is 0. The van der Waals surface area contributed by atoms with Crippen LogP contribution in [0, 0.1) is 0 Å². The Balaban J connectivity index is 1.49. The zero-order valence-electron chi connectivity index (χ0n) is 16.2. The summed E-state index contributed by atoms with van der Waals surface area (Å²) in [5.74, 6) is 0.239. The van der Waals surface area contributed by atoms with Crippen LogP contribution in [0.5, 0.6) is 0 Å². The standard InChI is InChI=1S/C23H29N3O/c1-18(27)26-16-13-22-23(26)8-3-2-6-15-25(22)17-19-9-11-20(12-10-19)21-7-4-5-14-24-21/h4-5,7,9-12,14,22-23H,2-3,6,8,13,15-17H2,1H3/t22-,23+/m0/s1. The second-order valence-corrected chi connectivity index (χ2v) is 7.87. The highest BCUT2D eigenvalue weighted by Gasteiger charge is 2.39. The van der Waals surface area contributed by atoms with Crippen LogP contribution in [0.1, 0.15) is 44.6 Å². The third-order valence-corrected chi connectivity index (χ3v) is 6.13. The number of aromatic nitrogens is 1. The van der Waals surface area contributed by atoms with Gasteiger partial charge < -0.3 is 4.90 Å². The normalized spacial score (nSPS) is 23.5. The molecule has 3 heterocycles. The van der Waals surface area contributed by atoms with E-state index in [0.717, 1.165) is 43.7 Å². The monoisotopic (exact) mass is 363 g/mol. The van der Waals surface area contributed by atoms with Gasteiger partial charge in [0.2, 0.25) is 5.91 Å². The Morgan fingerprint density at radius 3 is 2.59 bits per heavy atom. The Bertz CT molecular complexity index is 759. The van der Waals surface area contributed by atoms with E-state index in [2.05, 4.69) is 39.0 Å². The Hall–Kier alpha value is -2.20. The molecule has 0 radical (unpaired) electrons. The Morgan fingerprint density at radius 1 is 1.00 bits per heavy atom. The zero-order chi connectivity index (χ0) is 18.6. The number of rotatable bonds is 3. The molecule has 2 saturated heterocycles. The van der Waals surface area contributed by atoms with Crippen LogP contribution in [0.3, 0.4) is 0 Å². The van der Waals surface area contributed by atoms with Crippen molar-refractivity contribution in [1.29, 1.82) is 0 Å². The highest BCUT2D eigenvalue weighted by atomic mass is 16.2. The van der Waals surface area contributed by atoms with Crippen LogP contribution in [0.2, 0.25) is 0 Å². The first-order valence-electron chi connectivity index (χ1n) is 10.2. The summed E-state index contributed by atoms with van der Waals surface area (Å²) in [6.07, 6.45) is 7.87. The van der Waals surface area contributed by atoms with Crippen molar-refractivity contribution in [1.82, 2.24) is 14.8 Å². The third kappa shape index (κ3) is 4.06.